The van der Waals surface area contributed by atoms with Crippen molar-refractivity contribution in [2.45, 2.75) is 6.42 Å². The molecule has 0 aliphatic heterocycles. The molecule has 3 amide bonds. The highest BCUT2D eigenvalue weighted by Crippen LogP contribution is 2.19. The van der Waals surface area contributed by atoms with E-state index in [-0.39, 0.29) is 24.3 Å². The molecule has 0 atom stereocenters. The van der Waals surface area contributed by atoms with Gasteiger partial charge in [0, 0.05) is 18.7 Å². The van der Waals surface area contributed by atoms with Crippen molar-refractivity contribution in [2.24, 2.45) is 11.5 Å². The van der Waals surface area contributed by atoms with Crippen molar-refractivity contribution in [3.63, 3.8) is 0 Å². The van der Waals surface area contributed by atoms with E-state index < -0.39 is 30.1 Å². The minimum atomic E-state index is -0.683. The van der Waals surface area contributed by atoms with Crippen molar-refractivity contribution < 1.29 is 23.5 Å². The second-order valence-electron chi connectivity index (χ2n) is 5.39. The standard InChI is InChI=1S/C18H18FN3O4/c19-12-5-7-13(8-6-12)22(10-9-16(20)23)17(24)11-26-15-4-2-1-3-14(15)18(21)25/h1-8H,9-11H2,(H2,20,23)(H2,21,25). The number of ether oxygens (including phenoxy) is 1. The number of para-hydroxylation sites is 1. The maximum atomic E-state index is 13.1. The number of primary amides is 2. The smallest absolute Gasteiger partial charge is 0.264 e. The second kappa shape index (κ2) is 8.61. The van der Waals surface area contributed by atoms with Gasteiger partial charge in [0.2, 0.25) is 5.91 Å². The number of nitrogens with two attached hydrogens (primary N) is 2. The Bertz CT molecular complexity index is 808. The third kappa shape index (κ3) is 5.04. The summed E-state index contributed by atoms with van der Waals surface area (Å²) in [7, 11) is 0. The van der Waals surface area contributed by atoms with Crippen LogP contribution in [0.2, 0.25) is 0 Å². The summed E-state index contributed by atoms with van der Waals surface area (Å²) < 4.78 is 18.5. The van der Waals surface area contributed by atoms with E-state index >= 15 is 0 Å². The van der Waals surface area contributed by atoms with Gasteiger partial charge >= 0.3 is 0 Å². The first kappa shape index (κ1) is 18.9. The van der Waals surface area contributed by atoms with E-state index in [0.29, 0.717) is 5.69 Å². The monoisotopic (exact) mass is 359 g/mol. The third-order valence-electron chi connectivity index (χ3n) is 3.52. The lowest BCUT2D eigenvalue weighted by Crippen LogP contribution is -2.37. The Morgan fingerprint density at radius 1 is 1.00 bits per heavy atom. The highest BCUT2D eigenvalue weighted by atomic mass is 19.1. The maximum Gasteiger partial charge on any atom is 0.264 e. The summed E-state index contributed by atoms with van der Waals surface area (Å²) in [6.45, 7) is -0.388. The average Bonchev–Trinajstić information content (AvgIpc) is 2.61. The highest BCUT2D eigenvalue weighted by Gasteiger charge is 2.18. The lowest BCUT2D eigenvalue weighted by atomic mass is 10.2. The molecule has 0 aromatic heterocycles. The van der Waals surface area contributed by atoms with Crippen LogP contribution in [0.5, 0.6) is 5.75 Å². The van der Waals surface area contributed by atoms with Gasteiger partial charge in [0.25, 0.3) is 11.8 Å². The van der Waals surface area contributed by atoms with Gasteiger partial charge in [-0.2, -0.15) is 0 Å². The maximum absolute atomic E-state index is 13.1. The number of anilines is 1. The van der Waals surface area contributed by atoms with Gasteiger partial charge < -0.3 is 21.1 Å². The fourth-order valence-electron chi connectivity index (χ4n) is 2.25. The van der Waals surface area contributed by atoms with Crippen LogP contribution in [-0.2, 0) is 9.59 Å². The van der Waals surface area contributed by atoms with Crippen LogP contribution in [0.1, 0.15) is 16.8 Å². The lowest BCUT2D eigenvalue weighted by Gasteiger charge is -2.22. The Balaban J connectivity index is 2.15. The van der Waals surface area contributed by atoms with Crippen molar-refractivity contribution in [1.82, 2.24) is 0 Å². The van der Waals surface area contributed by atoms with Gasteiger partial charge in [-0.25, -0.2) is 4.39 Å². The van der Waals surface area contributed by atoms with E-state index in [2.05, 4.69) is 0 Å². The number of carbonyl (C=O) groups excluding carboxylic acids is 3. The van der Waals surface area contributed by atoms with Crippen LogP contribution in [-0.4, -0.2) is 30.9 Å². The lowest BCUT2D eigenvalue weighted by molar-refractivity contribution is -0.120. The van der Waals surface area contributed by atoms with Crippen molar-refractivity contribution in [3.8, 4) is 5.75 Å². The Morgan fingerprint density at radius 2 is 1.65 bits per heavy atom. The van der Waals surface area contributed by atoms with Crippen molar-refractivity contribution in [3.05, 3.63) is 59.9 Å². The van der Waals surface area contributed by atoms with Gasteiger partial charge in [-0.3, -0.25) is 14.4 Å². The van der Waals surface area contributed by atoms with E-state index in [9.17, 15) is 18.8 Å². The molecule has 7 nitrogen and oxygen atoms in total. The molecular weight excluding hydrogens is 341 g/mol. The van der Waals surface area contributed by atoms with Crippen LogP contribution >= 0.6 is 0 Å². The summed E-state index contributed by atoms with van der Waals surface area (Å²) in [6.07, 6.45) is -0.0685. The van der Waals surface area contributed by atoms with Crippen LogP contribution in [0.4, 0.5) is 10.1 Å². The molecule has 0 radical (unpaired) electrons. The predicted molar refractivity (Wildman–Crippen MR) is 93.0 cm³/mol. The quantitative estimate of drug-likeness (QED) is 0.737. The average molecular weight is 359 g/mol. The molecule has 0 saturated heterocycles. The van der Waals surface area contributed by atoms with Gasteiger partial charge in [-0.05, 0) is 36.4 Å². The van der Waals surface area contributed by atoms with Crippen LogP contribution in [0, 0.1) is 5.82 Å². The molecule has 4 N–H and O–H groups in total. The molecule has 0 spiro atoms. The zero-order valence-corrected chi connectivity index (χ0v) is 13.9. The van der Waals surface area contributed by atoms with E-state index in [0.717, 1.165) is 0 Å². The minimum absolute atomic E-state index is 0.0145. The normalized spacial score (nSPS) is 10.2. The number of rotatable bonds is 8. The van der Waals surface area contributed by atoms with Crippen LogP contribution in [0.25, 0.3) is 0 Å². The van der Waals surface area contributed by atoms with Gasteiger partial charge in [0.05, 0.1) is 5.56 Å². The molecular formula is C18H18FN3O4. The largest absolute Gasteiger partial charge is 0.483 e. The topological polar surface area (TPSA) is 116 Å². The Kier molecular flexibility index (Phi) is 6.26. The fourth-order valence-corrected chi connectivity index (χ4v) is 2.25. The zero-order chi connectivity index (χ0) is 19.1. The molecule has 0 aliphatic rings. The summed E-state index contributed by atoms with van der Waals surface area (Å²) in [5, 5.41) is 0. The number of halogens is 1. The zero-order valence-electron chi connectivity index (χ0n) is 13.9. The molecule has 0 bridgehead atoms. The Hall–Kier alpha value is -3.42. The summed E-state index contributed by atoms with van der Waals surface area (Å²) in [5.41, 5.74) is 10.9. The van der Waals surface area contributed by atoms with Crippen molar-refractivity contribution in [2.75, 3.05) is 18.1 Å². The molecule has 0 saturated carbocycles. The predicted octanol–water partition coefficient (Wildman–Crippen LogP) is 1.21. The van der Waals surface area contributed by atoms with Crippen LogP contribution < -0.4 is 21.1 Å². The van der Waals surface area contributed by atoms with E-state index in [1.807, 2.05) is 0 Å². The molecule has 2 aromatic carbocycles. The summed E-state index contributed by atoms with van der Waals surface area (Å²) in [6, 6.07) is 11.5. The van der Waals surface area contributed by atoms with Gasteiger partial charge in [-0.1, -0.05) is 12.1 Å². The molecule has 0 aliphatic carbocycles. The van der Waals surface area contributed by atoms with E-state index in [1.165, 1.54) is 41.3 Å². The molecule has 2 aromatic rings. The van der Waals surface area contributed by atoms with Crippen LogP contribution in [0.3, 0.4) is 0 Å². The van der Waals surface area contributed by atoms with Crippen molar-refractivity contribution >= 4 is 23.4 Å². The number of benzene rings is 2. The Labute approximate surface area is 149 Å². The van der Waals surface area contributed by atoms with E-state index in [1.54, 1.807) is 12.1 Å². The van der Waals surface area contributed by atoms with Crippen molar-refractivity contribution in [1.29, 1.82) is 0 Å². The first-order valence-electron chi connectivity index (χ1n) is 7.74. The van der Waals surface area contributed by atoms with Crippen LogP contribution in [0.15, 0.2) is 48.5 Å². The summed E-state index contributed by atoms with van der Waals surface area (Å²) in [5.74, 6) is -2.04. The number of hydrogen-bond donors (Lipinski definition) is 2. The van der Waals surface area contributed by atoms with Gasteiger partial charge in [-0.15, -0.1) is 0 Å². The summed E-state index contributed by atoms with van der Waals surface area (Å²) in [4.78, 5) is 36.2. The molecule has 136 valence electrons. The SMILES string of the molecule is NC(=O)CCN(C(=O)COc1ccccc1C(N)=O)c1ccc(F)cc1. The minimum Gasteiger partial charge on any atom is -0.483 e. The Morgan fingerprint density at radius 3 is 2.27 bits per heavy atom. The van der Waals surface area contributed by atoms with Gasteiger partial charge in [0.1, 0.15) is 11.6 Å². The molecule has 0 unspecified atom stereocenters. The number of nitrogens with zero attached hydrogens (tertiary/aromatic N) is 1. The number of amides is 3. The first-order valence-corrected chi connectivity index (χ1v) is 7.74. The molecule has 0 fully saturated rings. The second-order valence-corrected chi connectivity index (χ2v) is 5.39. The molecule has 8 heteroatoms. The van der Waals surface area contributed by atoms with E-state index in [4.69, 9.17) is 16.2 Å². The van der Waals surface area contributed by atoms with Gasteiger partial charge in [0.15, 0.2) is 6.61 Å². The molecule has 26 heavy (non-hydrogen) atoms. The highest BCUT2D eigenvalue weighted by molar-refractivity contribution is 5.97. The molecule has 0 heterocycles. The third-order valence-corrected chi connectivity index (χ3v) is 3.52. The number of carbonyl (C=O) groups is 3. The number of hydrogen-bond acceptors (Lipinski definition) is 4. The fraction of sp³-hybridized carbons (Fsp3) is 0.167. The first-order chi connectivity index (χ1) is 12.4. The summed E-state index contributed by atoms with van der Waals surface area (Å²) >= 11 is 0. The molecule has 2 rings (SSSR count).